The van der Waals surface area contributed by atoms with E-state index < -0.39 is 12.0 Å². The van der Waals surface area contributed by atoms with E-state index in [2.05, 4.69) is 4.99 Å². The lowest BCUT2D eigenvalue weighted by atomic mass is 9.95. The molecule has 5 rings (SSSR count). The number of furan rings is 1. The van der Waals surface area contributed by atoms with Gasteiger partial charge in [0.1, 0.15) is 17.3 Å². The highest BCUT2D eigenvalue weighted by atomic mass is 32.1. The Labute approximate surface area is 244 Å². The molecule has 1 unspecified atom stereocenters. The third kappa shape index (κ3) is 5.23. The van der Waals surface area contributed by atoms with Crippen LogP contribution < -0.4 is 24.5 Å². The number of hydrogen-bond donors (Lipinski definition) is 1. The Balaban J connectivity index is 1.62. The summed E-state index contributed by atoms with van der Waals surface area (Å²) in [5, 5.41) is 9.33. The molecule has 2 aromatic carbocycles. The van der Waals surface area contributed by atoms with Crippen LogP contribution in [0.15, 0.2) is 80.1 Å². The highest BCUT2D eigenvalue weighted by Crippen LogP contribution is 2.35. The van der Waals surface area contributed by atoms with Crippen molar-refractivity contribution in [1.29, 1.82) is 0 Å². The third-order valence-corrected chi connectivity index (χ3v) is 7.79. The van der Waals surface area contributed by atoms with Crippen molar-refractivity contribution in [2.75, 3.05) is 32.7 Å². The van der Waals surface area contributed by atoms with E-state index in [1.165, 1.54) is 35.1 Å². The molecule has 0 aliphatic carbocycles. The van der Waals surface area contributed by atoms with Gasteiger partial charge in [-0.3, -0.25) is 9.36 Å². The van der Waals surface area contributed by atoms with Crippen molar-refractivity contribution < 1.29 is 28.8 Å². The monoisotopic (exact) mass is 589 g/mol. The maximum Gasteiger partial charge on any atom is 0.338 e. The number of allylic oxidation sites excluding steroid dienone is 1. The number of benzene rings is 2. The van der Waals surface area contributed by atoms with Gasteiger partial charge < -0.3 is 18.8 Å². The van der Waals surface area contributed by atoms with Crippen molar-refractivity contribution >= 4 is 34.8 Å². The average Bonchev–Trinajstić information content (AvgIpc) is 3.56. The number of anilines is 1. The number of aromatic nitrogens is 1. The first-order chi connectivity index (χ1) is 20.1. The van der Waals surface area contributed by atoms with Gasteiger partial charge in [-0.15, -0.1) is 0 Å². The number of carbonyl (C=O) groups is 1. The zero-order valence-corrected chi connectivity index (χ0v) is 24.5. The van der Waals surface area contributed by atoms with Gasteiger partial charge in [0.2, 0.25) is 0 Å². The number of rotatable bonds is 8. The molecule has 12 heteroatoms. The van der Waals surface area contributed by atoms with E-state index in [0.717, 1.165) is 11.3 Å². The van der Waals surface area contributed by atoms with Crippen molar-refractivity contribution in [1.82, 2.24) is 4.57 Å². The first kappa shape index (κ1) is 28.6. The molecule has 0 bridgehead atoms. The summed E-state index contributed by atoms with van der Waals surface area (Å²) in [6.45, 7) is 3.65. The predicted molar refractivity (Wildman–Crippen MR) is 157 cm³/mol. The molecule has 4 aromatic rings. The fraction of sp³-hybridized carbons (Fsp3) is 0.233. The molecule has 216 valence electrons. The lowest BCUT2D eigenvalue weighted by Gasteiger charge is -2.25. The lowest BCUT2D eigenvalue weighted by Crippen LogP contribution is -2.39. The number of thiazole rings is 1. The van der Waals surface area contributed by atoms with Gasteiger partial charge in [0.15, 0.2) is 4.80 Å². The van der Waals surface area contributed by atoms with Crippen LogP contribution in [0.25, 0.3) is 17.4 Å². The van der Waals surface area contributed by atoms with Crippen LogP contribution >= 0.6 is 11.3 Å². The van der Waals surface area contributed by atoms with E-state index in [9.17, 15) is 19.7 Å². The number of hydrogen-bond acceptors (Lipinski definition) is 9. The predicted octanol–water partition coefficient (Wildman–Crippen LogP) is 3.93. The summed E-state index contributed by atoms with van der Waals surface area (Å²) >= 11 is 1.18. The summed E-state index contributed by atoms with van der Waals surface area (Å²) < 4.78 is 18.6. The first-order valence-corrected chi connectivity index (χ1v) is 13.9. The van der Waals surface area contributed by atoms with Crippen LogP contribution in [-0.2, 0) is 9.53 Å². The van der Waals surface area contributed by atoms with Crippen LogP contribution in [0.5, 0.6) is 5.75 Å². The molecule has 0 radical (unpaired) electrons. The molecular formula is C30H29N4O7S+. The summed E-state index contributed by atoms with van der Waals surface area (Å²) in [7, 11) is 5.35. The Hall–Kier alpha value is -4.97. The second kappa shape index (κ2) is 11.5. The van der Waals surface area contributed by atoms with Crippen LogP contribution in [-0.4, -0.2) is 48.5 Å². The van der Waals surface area contributed by atoms with E-state index in [0.29, 0.717) is 43.4 Å². The summed E-state index contributed by atoms with van der Waals surface area (Å²) in [6, 6.07) is 14.7. The SMILES string of the molecule is CCOC(=O)C1=C(C)N=c2s/c(=C\c3ccc(-c4cc([N+](=O)O)ccc4OC)o3)c(=O)n2C1c1ccc(N(C)C)cc1. The number of fused-ring (bicyclic) bond motifs is 1. The Kier molecular flexibility index (Phi) is 7.81. The summed E-state index contributed by atoms with van der Waals surface area (Å²) in [5.41, 5.74) is 2.61. The zero-order chi connectivity index (χ0) is 30.1. The summed E-state index contributed by atoms with van der Waals surface area (Å²) in [4.78, 5) is 45.2. The number of nitrogens with zero attached hydrogens (tertiary/aromatic N) is 4. The molecule has 0 spiro atoms. The summed E-state index contributed by atoms with van der Waals surface area (Å²) in [5.74, 6) is 0.650. The molecule has 1 aliphatic rings. The van der Waals surface area contributed by atoms with Crippen LogP contribution in [0.1, 0.15) is 31.2 Å². The van der Waals surface area contributed by atoms with Gasteiger partial charge in [0, 0.05) is 38.0 Å². The van der Waals surface area contributed by atoms with Crippen LogP contribution in [0, 0.1) is 4.91 Å². The topological polar surface area (TPSA) is 127 Å². The molecule has 42 heavy (non-hydrogen) atoms. The standard InChI is InChI=1S/C30H29N4O7S/c1-6-40-29(36)26-17(2)31-30-33(27(26)18-7-9-19(10-8-18)32(3)4)28(35)25(42-30)16-21-12-14-24(41-21)22-15-20(34(37)38)11-13-23(22)39-5/h7-16,27H,6H2,1-5H3,(H,37,38)/q+1/b25-16-. The molecule has 1 atom stereocenters. The van der Waals surface area contributed by atoms with Crippen molar-refractivity contribution in [3.8, 4) is 17.1 Å². The molecule has 2 aromatic heterocycles. The van der Waals surface area contributed by atoms with Crippen molar-refractivity contribution in [2.45, 2.75) is 19.9 Å². The van der Waals surface area contributed by atoms with Gasteiger partial charge in [0.25, 0.3) is 10.5 Å². The fourth-order valence-electron chi connectivity index (χ4n) is 4.77. The van der Waals surface area contributed by atoms with Gasteiger partial charge in [-0.05, 0) is 49.7 Å². The maximum atomic E-state index is 13.9. The molecule has 0 saturated heterocycles. The Morgan fingerprint density at radius 2 is 1.93 bits per heavy atom. The van der Waals surface area contributed by atoms with Crippen molar-refractivity contribution in [3.05, 3.63) is 102 Å². The lowest BCUT2D eigenvalue weighted by molar-refractivity contribution is -0.729. The molecule has 3 heterocycles. The third-order valence-electron chi connectivity index (χ3n) is 6.81. The fourth-order valence-corrected chi connectivity index (χ4v) is 5.80. The van der Waals surface area contributed by atoms with E-state index in [1.807, 2.05) is 43.3 Å². The first-order valence-electron chi connectivity index (χ1n) is 13.0. The Morgan fingerprint density at radius 1 is 1.19 bits per heavy atom. The van der Waals surface area contributed by atoms with Gasteiger partial charge in [0.05, 0.1) is 46.0 Å². The van der Waals surface area contributed by atoms with E-state index >= 15 is 0 Å². The quantitative estimate of drug-likeness (QED) is 0.242. The van der Waals surface area contributed by atoms with Gasteiger partial charge >= 0.3 is 11.7 Å². The molecule has 1 N–H and O–H groups in total. The molecule has 11 nitrogen and oxygen atoms in total. The van der Waals surface area contributed by atoms with Crippen molar-refractivity contribution in [2.24, 2.45) is 4.99 Å². The van der Waals surface area contributed by atoms with Crippen molar-refractivity contribution in [3.63, 3.8) is 0 Å². The van der Waals surface area contributed by atoms with Crippen LogP contribution in [0.2, 0.25) is 0 Å². The summed E-state index contributed by atoms with van der Waals surface area (Å²) in [6.07, 6.45) is 1.60. The van der Waals surface area contributed by atoms with E-state index in [1.54, 1.807) is 38.1 Å². The largest absolute Gasteiger partial charge is 0.496 e. The number of methoxy groups -OCH3 is 1. The minimum absolute atomic E-state index is 0.00319. The van der Waals surface area contributed by atoms with E-state index in [4.69, 9.17) is 13.9 Å². The second-order valence-corrected chi connectivity index (χ2v) is 10.7. The smallest absolute Gasteiger partial charge is 0.338 e. The van der Waals surface area contributed by atoms with Gasteiger partial charge in [-0.1, -0.05) is 23.5 Å². The molecule has 0 fully saturated rings. The number of carbonyl (C=O) groups excluding carboxylic acids is 1. The van der Waals surface area contributed by atoms with Crippen LogP contribution in [0.3, 0.4) is 0 Å². The molecular weight excluding hydrogens is 560 g/mol. The number of ether oxygens (including phenoxy) is 2. The normalized spacial score (nSPS) is 14.8. The minimum Gasteiger partial charge on any atom is -0.496 e. The second-order valence-electron chi connectivity index (χ2n) is 9.65. The molecule has 0 saturated carbocycles. The number of esters is 1. The zero-order valence-electron chi connectivity index (χ0n) is 23.7. The Bertz CT molecular complexity index is 1900. The Morgan fingerprint density at radius 3 is 2.57 bits per heavy atom. The average molecular weight is 590 g/mol. The minimum atomic E-state index is -0.730. The van der Waals surface area contributed by atoms with Crippen LogP contribution in [0.4, 0.5) is 11.4 Å². The van der Waals surface area contributed by atoms with E-state index in [-0.39, 0.29) is 22.8 Å². The molecule has 1 aliphatic heterocycles. The van der Waals surface area contributed by atoms with Gasteiger partial charge in [-0.25, -0.2) is 15.0 Å². The highest BCUT2D eigenvalue weighted by molar-refractivity contribution is 7.07. The maximum absolute atomic E-state index is 13.9. The van der Waals surface area contributed by atoms with Gasteiger partial charge in [-0.2, -0.15) is 0 Å². The molecule has 0 amide bonds. The highest BCUT2D eigenvalue weighted by Gasteiger charge is 2.33.